The Bertz CT molecular complexity index is 126. The smallest absolute Gasteiger partial charge is 0.382 e. The van der Waals surface area contributed by atoms with Gasteiger partial charge in [-0.15, -0.1) is 0 Å². The van der Waals surface area contributed by atoms with Crippen LogP contribution >= 0.6 is 0 Å². The van der Waals surface area contributed by atoms with Gasteiger partial charge in [-0.1, -0.05) is 0 Å². The maximum Gasteiger partial charge on any atom is 0.453 e. The number of ketones is 1. The summed E-state index contributed by atoms with van der Waals surface area (Å²) in [7, 11) is 0. The van der Waals surface area contributed by atoms with Crippen LogP contribution < -0.4 is 0 Å². The molecule has 0 aromatic carbocycles. The van der Waals surface area contributed by atoms with E-state index in [1.54, 1.807) is 0 Å². The summed E-state index contributed by atoms with van der Waals surface area (Å²) >= 11 is 0. The summed E-state index contributed by atoms with van der Waals surface area (Å²) in [5.41, 5.74) is -2.32. The van der Waals surface area contributed by atoms with Crippen molar-refractivity contribution in [1.29, 1.82) is 0 Å². The van der Waals surface area contributed by atoms with E-state index in [4.69, 9.17) is 5.11 Å². The first-order valence-electron chi connectivity index (χ1n) is 2.49. The number of halogens is 3. The lowest BCUT2D eigenvalue weighted by Gasteiger charge is -2.16. The summed E-state index contributed by atoms with van der Waals surface area (Å²) in [6.07, 6.45) is -4.95. The van der Waals surface area contributed by atoms with Gasteiger partial charge >= 0.3 is 6.18 Å². The van der Waals surface area contributed by atoms with Gasteiger partial charge in [0.15, 0.2) is 0 Å². The Kier molecular flexibility index (Phi) is 2.10. The number of carbonyl (C=O) groups is 1. The zero-order valence-corrected chi connectivity index (χ0v) is 5.49. The van der Waals surface area contributed by atoms with Crippen LogP contribution in [0.4, 0.5) is 13.2 Å². The normalized spacial score (nSPS) is 13.4. The topological polar surface area (TPSA) is 37.3 Å². The number of aliphatic hydroxyl groups is 1. The minimum absolute atomic E-state index is 0.794. The largest absolute Gasteiger partial charge is 0.453 e. The van der Waals surface area contributed by atoms with Crippen molar-refractivity contribution in [2.24, 2.45) is 0 Å². The minimum Gasteiger partial charge on any atom is -0.382 e. The molecule has 0 aliphatic rings. The summed E-state index contributed by atoms with van der Waals surface area (Å²) in [6.45, 7) is 1.59. The van der Waals surface area contributed by atoms with Gasteiger partial charge in [0, 0.05) is 0 Å². The molecule has 0 aromatic heterocycles. The summed E-state index contributed by atoms with van der Waals surface area (Å²) in [5, 5.41) is 8.55. The third kappa shape index (κ3) is 2.34. The van der Waals surface area contributed by atoms with Crippen molar-refractivity contribution in [3.8, 4) is 0 Å². The molecule has 0 aromatic rings. The number of carbonyl (C=O) groups excluding carboxylic acids is 1. The molecule has 0 fully saturated rings. The molecule has 1 N–H and O–H groups in total. The standard InChI is InChI=1S/C5H7F3O2/c1-4(2,10)3(9)5(6,7)8/h10H,1-2H3. The highest BCUT2D eigenvalue weighted by Crippen LogP contribution is 2.22. The molecule has 0 rings (SSSR count). The SMILES string of the molecule is CC(C)(O)C(=O)C(F)(F)F. The monoisotopic (exact) mass is 156 g/mol. The Labute approximate surface area is 55.7 Å². The van der Waals surface area contributed by atoms with E-state index in [2.05, 4.69) is 0 Å². The molecule has 2 nitrogen and oxygen atoms in total. The summed E-state index contributed by atoms with van der Waals surface area (Å²) in [4.78, 5) is 10.1. The Balaban J connectivity index is 4.40. The van der Waals surface area contributed by atoms with E-state index >= 15 is 0 Å². The van der Waals surface area contributed by atoms with Gasteiger partial charge in [-0.2, -0.15) is 13.2 Å². The second-order valence-corrected chi connectivity index (χ2v) is 2.39. The van der Waals surface area contributed by atoms with E-state index in [-0.39, 0.29) is 0 Å². The third-order valence-electron chi connectivity index (χ3n) is 0.813. The number of hydrogen-bond donors (Lipinski definition) is 1. The molecule has 0 spiro atoms. The quantitative estimate of drug-likeness (QED) is 0.612. The van der Waals surface area contributed by atoms with E-state index in [1.165, 1.54) is 0 Å². The fourth-order valence-corrected chi connectivity index (χ4v) is 0.347. The van der Waals surface area contributed by atoms with Crippen molar-refractivity contribution in [2.75, 3.05) is 0 Å². The predicted octanol–water partition coefficient (Wildman–Crippen LogP) is 0.889. The molecular formula is C5H7F3O2. The summed E-state index contributed by atoms with van der Waals surface area (Å²) in [6, 6.07) is 0. The van der Waals surface area contributed by atoms with Gasteiger partial charge < -0.3 is 5.11 Å². The first-order chi connectivity index (χ1) is 4.15. The molecular weight excluding hydrogens is 149 g/mol. The van der Waals surface area contributed by atoms with Crippen LogP contribution in [0.1, 0.15) is 13.8 Å². The Morgan fingerprint density at radius 3 is 1.60 bits per heavy atom. The van der Waals surface area contributed by atoms with Crippen LogP contribution in [-0.2, 0) is 4.79 Å². The molecule has 0 atom stereocenters. The molecule has 0 saturated heterocycles. The molecule has 0 aliphatic heterocycles. The van der Waals surface area contributed by atoms with Crippen LogP contribution in [-0.4, -0.2) is 22.7 Å². The first kappa shape index (κ1) is 9.42. The fraction of sp³-hybridized carbons (Fsp3) is 0.800. The molecule has 0 aliphatic carbocycles. The van der Waals surface area contributed by atoms with E-state index in [1.807, 2.05) is 0 Å². The van der Waals surface area contributed by atoms with Crippen LogP contribution in [0.25, 0.3) is 0 Å². The van der Waals surface area contributed by atoms with Crippen molar-refractivity contribution in [1.82, 2.24) is 0 Å². The highest BCUT2D eigenvalue weighted by Gasteiger charge is 2.46. The number of hydrogen-bond acceptors (Lipinski definition) is 2. The number of Topliss-reactive ketones (excluding diaryl/α,β-unsaturated/α-hetero) is 1. The van der Waals surface area contributed by atoms with Gasteiger partial charge in [0.05, 0.1) is 0 Å². The van der Waals surface area contributed by atoms with E-state index in [0.717, 1.165) is 13.8 Å². The van der Waals surface area contributed by atoms with Crippen LogP contribution in [0.2, 0.25) is 0 Å². The minimum atomic E-state index is -4.95. The molecule has 60 valence electrons. The van der Waals surface area contributed by atoms with Crippen molar-refractivity contribution in [3.05, 3.63) is 0 Å². The highest BCUT2D eigenvalue weighted by molar-refractivity contribution is 5.91. The average Bonchev–Trinajstić information content (AvgIpc) is 1.59. The maximum absolute atomic E-state index is 11.4. The van der Waals surface area contributed by atoms with Gasteiger partial charge in [-0.25, -0.2) is 0 Å². The number of alkyl halides is 3. The maximum atomic E-state index is 11.4. The van der Waals surface area contributed by atoms with Gasteiger partial charge in [-0.3, -0.25) is 4.79 Å². The molecule has 0 radical (unpaired) electrons. The van der Waals surface area contributed by atoms with Crippen molar-refractivity contribution in [3.63, 3.8) is 0 Å². The first-order valence-corrected chi connectivity index (χ1v) is 2.49. The highest BCUT2D eigenvalue weighted by atomic mass is 19.4. The van der Waals surface area contributed by atoms with Gasteiger partial charge in [0.1, 0.15) is 5.60 Å². The molecule has 0 heterocycles. The van der Waals surface area contributed by atoms with Gasteiger partial charge in [0.25, 0.3) is 5.78 Å². The molecule has 0 saturated carbocycles. The zero-order valence-electron chi connectivity index (χ0n) is 5.49. The zero-order chi connectivity index (χ0) is 8.58. The Hall–Kier alpha value is -0.580. The lowest BCUT2D eigenvalue weighted by Crippen LogP contribution is -2.41. The van der Waals surface area contributed by atoms with Crippen molar-refractivity contribution < 1.29 is 23.1 Å². The molecule has 0 amide bonds. The predicted molar refractivity (Wildman–Crippen MR) is 27.4 cm³/mol. The van der Waals surface area contributed by atoms with Crippen molar-refractivity contribution >= 4 is 5.78 Å². The summed E-state index contributed by atoms with van der Waals surface area (Å²) in [5.74, 6) is -2.12. The van der Waals surface area contributed by atoms with Crippen LogP contribution in [0.3, 0.4) is 0 Å². The lowest BCUT2D eigenvalue weighted by molar-refractivity contribution is -0.186. The van der Waals surface area contributed by atoms with E-state index < -0.39 is 17.6 Å². The fourth-order valence-electron chi connectivity index (χ4n) is 0.347. The molecule has 5 heteroatoms. The third-order valence-corrected chi connectivity index (χ3v) is 0.813. The van der Waals surface area contributed by atoms with E-state index in [0.29, 0.717) is 0 Å². The van der Waals surface area contributed by atoms with Gasteiger partial charge in [0.2, 0.25) is 0 Å². The number of rotatable bonds is 1. The second kappa shape index (κ2) is 2.23. The van der Waals surface area contributed by atoms with Crippen molar-refractivity contribution in [2.45, 2.75) is 25.6 Å². The summed E-state index contributed by atoms with van der Waals surface area (Å²) < 4.78 is 34.3. The van der Waals surface area contributed by atoms with Gasteiger partial charge in [-0.05, 0) is 13.8 Å². The van der Waals surface area contributed by atoms with Crippen LogP contribution in [0, 0.1) is 0 Å². The molecule has 0 unspecified atom stereocenters. The lowest BCUT2D eigenvalue weighted by atomic mass is 10.0. The average molecular weight is 156 g/mol. The van der Waals surface area contributed by atoms with Crippen LogP contribution in [0.15, 0.2) is 0 Å². The second-order valence-electron chi connectivity index (χ2n) is 2.39. The molecule has 0 bridgehead atoms. The Morgan fingerprint density at radius 2 is 1.60 bits per heavy atom. The Morgan fingerprint density at radius 1 is 1.30 bits per heavy atom. The molecule has 10 heavy (non-hydrogen) atoms. The van der Waals surface area contributed by atoms with Crippen LogP contribution in [0.5, 0.6) is 0 Å². The van der Waals surface area contributed by atoms with E-state index in [9.17, 15) is 18.0 Å².